The van der Waals surface area contributed by atoms with E-state index < -0.39 is 26.7 Å². The van der Waals surface area contributed by atoms with Gasteiger partial charge in [0.2, 0.25) is 0 Å². The molecule has 0 saturated heterocycles. The Kier molecular flexibility index (Phi) is 9.04. The summed E-state index contributed by atoms with van der Waals surface area (Å²) >= 11 is 1.83. The third-order valence-corrected chi connectivity index (χ3v) is 13.2. The standard InChI is InChI=1S/C31H17N2OS.C20H28NSi.Ir/c1-5-14-27-20(8-1)22-10-7-11-23(30(22)34-27)31-32-25-12-3-4-13-26(25)33(31)19-16-17-29-24(18-19)21-9-2-6-15-28(21)35-29;1-15-8-10-16(11-9-15)18-12-17(13-20(2,3)4)19(14-21-18)22(5,6)7;/h1-10,12-18H;8-10,12,14H,13H2,1-7H3;/q2*-1;/i;1D3,13D2;. The molecule has 7 heteroatoms. The summed E-state index contributed by atoms with van der Waals surface area (Å²) in [6.07, 6.45) is 0.269. The van der Waals surface area contributed by atoms with E-state index in [1.54, 1.807) is 18.3 Å². The molecule has 0 N–H and O–H groups in total. The van der Waals surface area contributed by atoms with Gasteiger partial charge in [0.15, 0.2) is 0 Å². The Morgan fingerprint density at radius 2 is 1.57 bits per heavy atom. The molecule has 0 aliphatic carbocycles. The Morgan fingerprint density at radius 1 is 0.810 bits per heavy atom. The monoisotopic (exact) mass is 973 g/mol. The van der Waals surface area contributed by atoms with Gasteiger partial charge in [0.05, 0.1) is 30.5 Å². The molecule has 1 radical (unpaired) electrons. The minimum absolute atomic E-state index is 0. The van der Waals surface area contributed by atoms with Crippen LogP contribution in [0.5, 0.6) is 0 Å². The Labute approximate surface area is 366 Å². The first-order chi connectivity index (χ1) is 29.4. The molecule has 10 rings (SSSR count). The van der Waals surface area contributed by atoms with E-state index in [4.69, 9.17) is 16.3 Å². The van der Waals surface area contributed by atoms with E-state index in [-0.39, 0.29) is 25.7 Å². The Bertz CT molecular complexity index is 3300. The molecule has 6 aromatic carbocycles. The van der Waals surface area contributed by atoms with Gasteiger partial charge >= 0.3 is 0 Å². The quantitative estimate of drug-likeness (QED) is 0.127. The predicted octanol–water partition coefficient (Wildman–Crippen LogP) is 13.7. The minimum Gasteiger partial charge on any atom is -0.501 e. The first kappa shape index (κ1) is 33.8. The molecule has 0 atom stereocenters. The average Bonchev–Trinajstić information content (AvgIpc) is 3.94. The summed E-state index contributed by atoms with van der Waals surface area (Å²) < 4.78 is 51.2. The van der Waals surface area contributed by atoms with Crippen molar-refractivity contribution in [2.24, 2.45) is 5.41 Å². The van der Waals surface area contributed by atoms with E-state index in [9.17, 15) is 0 Å². The van der Waals surface area contributed by atoms with Crippen molar-refractivity contribution < 1.29 is 31.4 Å². The van der Waals surface area contributed by atoms with E-state index >= 15 is 0 Å². The molecule has 0 saturated carbocycles. The first-order valence-corrected chi connectivity index (χ1v) is 23.5. The molecular weight excluding hydrogens is 923 g/mol. The predicted molar refractivity (Wildman–Crippen MR) is 245 cm³/mol. The van der Waals surface area contributed by atoms with Gasteiger partial charge < -0.3 is 14.0 Å². The first-order valence-electron chi connectivity index (χ1n) is 21.7. The van der Waals surface area contributed by atoms with Crippen molar-refractivity contribution in [1.29, 1.82) is 0 Å². The van der Waals surface area contributed by atoms with Crippen LogP contribution in [0.3, 0.4) is 0 Å². The normalized spacial score (nSPS) is 13.7. The zero-order valence-corrected chi connectivity index (χ0v) is 37.4. The van der Waals surface area contributed by atoms with Crippen molar-refractivity contribution in [3.05, 3.63) is 157 Å². The van der Waals surface area contributed by atoms with Crippen molar-refractivity contribution in [2.45, 2.75) is 53.6 Å². The van der Waals surface area contributed by atoms with E-state index in [0.717, 1.165) is 55.2 Å². The Morgan fingerprint density at radius 3 is 2.34 bits per heavy atom. The topological polar surface area (TPSA) is 43.9 Å². The Balaban J connectivity index is 0.000000177. The second-order valence-corrected chi connectivity index (χ2v) is 22.6. The third-order valence-electron chi connectivity index (χ3n) is 10.1. The van der Waals surface area contributed by atoms with Crippen LogP contribution in [-0.4, -0.2) is 22.6 Å². The van der Waals surface area contributed by atoms with Crippen LogP contribution in [0.2, 0.25) is 19.6 Å². The molecule has 0 unspecified atom stereocenters. The number of para-hydroxylation sites is 3. The number of pyridine rings is 1. The van der Waals surface area contributed by atoms with Gasteiger partial charge in [0.25, 0.3) is 0 Å². The average molecular weight is 973 g/mol. The molecule has 4 aromatic heterocycles. The fourth-order valence-corrected chi connectivity index (χ4v) is 9.94. The zero-order chi connectivity index (χ0) is 43.8. The number of hydrogen-bond acceptors (Lipinski definition) is 4. The molecule has 0 bridgehead atoms. The molecular formula is C51H45IrN3OSSi-2. The molecule has 0 spiro atoms. The third kappa shape index (κ3) is 7.60. The molecule has 0 aliphatic heterocycles. The summed E-state index contributed by atoms with van der Waals surface area (Å²) in [7, 11) is -1.81. The van der Waals surface area contributed by atoms with Gasteiger partial charge in [-0.25, -0.2) is 0 Å². The summed E-state index contributed by atoms with van der Waals surface area (Å²) in [6.45, 7) is 10.1. The summed E-state index contributed by atoms with van der Waals surface area (Å²) in [5, 5.41) is 5.73. The molecule has 291 valence electrons. The molecule has 0 aliphatic rings. The molecule has 4 heterocycles. The van der Waals surface area contributed by atoms with Crippen LogP contribution in [0.4, 0.5) is 0 Å². The molecule has 58 heavy (non-hydrogen) atoms. The fourth-order valence-electron chi connectivity index (χ4n) is 7.46. The van der Waals surface area contributed by atoms with Crippen LogP contribution in [-0.2, 0) is 26.5 Å². The van der Waals surface area contributed by atoms with Crippen LogP contribution in [0.15, 0.2) is 138 Å². The summed E-state index contributed by atoms with van der Waals surface area (Å²) in [5.74, 6) is 0.828. The Hall–Kier alpha value is -5.17. The van der Waals surface area contributed by atoms with Gasteiger partial charge in [-0.05, 0) is 65.1 Å². The SMILES string of the molecule is [2H]C([2H])([2H])c1c[c-]c(-c2cc(C([2H])([2H])C(C)(C)C)c([Si](C)(C)C)cn2)cc1.[Ir].[c-]1ccc2c(oc3ccccc32)c1-c1nc2ccccc2n1-c1ccc2sc3ccccc3c2c1. The number of furan rings is 1. The smallest absolute Gasteiger partial charge is 0.120 e. The number of benzene rings is 6. The van der Waals surface area contributed by atoms with Gasteiger partial charge in [-0.15, -0.1) is 64.9 Å². The maximum absolute atomic E-state index is 8.79. The van der Waals surface area contributed by atoms with E-state index in [1.165, 1.54) is 26.2 Å². The fraction of sp³-hybridized carbons (Fsp3) is 0.176. The molecule has 4 nitrogen and oxygen atoms in total. The van der Waals surface area contributed by atoms with Gasteiger partial charge in [-0.3, -0.25) is 4.98 Å². The second kappa shape index (κ2) is 15.5. The molecule has 10 aromatic rings. The maximum Gasteiger partial charge on any atom is 0.120 e. The van der Waals surface area contributed by atoms with Gasteiger partial charge in [-0.2, -0.15) is 0 Å². The van der Waals surface area contributed by atoms with Crippen LogP contribution in [0.1, 0.15) is 38.8 Å². The minimum atomic E-state index is -2.17. The van der Waals surface area contributed by atoms with E-state index in [0.29, 0.717) is 16.8 Å². The van der Waals surface area contributed by atoms with Gasteiger partial charge in [0, 0.05) is 64.4 Å². The number of hydrogen-bond donors (Lipinski definition) is 0. The van der Waals surface area contributed by atoms with Crippen LogP contribution < -0.4 is 5.19 Å². The number of thiophene rings is 1. The van der Waals surface area contributed by atoms with Crippen molar-refractivity contribution in [3.8, 4) is 28.3 Å². The van der Waals surface area contributed by atoms with Crippen molar-refractivity contribution in [1.82, 2.24) is 14.5 Å². The van der Waals surface area contributed by atoms with Gasteiger partial charge in [0.1, 0.15) is 5.58 Å². The number of aromatic nitrogens is 3. The van der Waals surface area contributed by atoms with Crippen LogP contribution in [0.25, 0.3) is 81.5 Å². The van der Waals surface area contributed by atoms with Crippen LogP contribution >= 0.6 is 11.3 Å². The molecule has 0 amide bonds. The number of rotatable bonds is 5. The summed E-state index contributed by atoms with van der Waals surface area (Å²) in [4.78, 5) is 9.64. The van der Waals surface area contributed by atoms with Crippen molar-refractivity contribution >= 4 is 77.7 Å². The summed E-state index contributed by atoms with van der Waals surface area (Å²) in [5.41, 5.74) is 7.23. The number of fused-ring (bicyclic) bond motifs is 7. The van der Waals surface area contributed by atoms with Crippen molar-refractivity contribution in [3.63, 3.8) is 0 Å². The number of nitrogens with zero attached hydrogens (tertiary/aromatic N) is 3. The maximum atomic E-state index is 8.79. The van der Waals surface area contributed by atoms with Gasteiger partial charge in [-0.1, -0.05) is 118 Å². The number of aryl methyl sites for hydroxylation is 1. The molecule has 0 fully saturated rings. The largest absolute Gasteiger partial charge is 0.501 e. The van der Waals surface area contributed by atoms with Crippen molar-refractivity contribution in [2.75, 3.05) is 0 Å². The number of imidazole rings is 1. The van der Waals surface area contributed by atoms with E-state index in [2.05, 4.69) is 114 Å². The van der Waals surface area contributed by atoms with E-state index in [1.807, 2.05) is 68.5 Å². The second-order valence-electron chi connectivity index (χ2n) is 16.5. The zero-order valence-electron chi connectivity index (χ0n) is 38.2. The van der Waals surface area contributed by atoms with Crippen LogP contribution in [0, 0.1) is 24.4 Å². The summed E-state index contributed by atoms with van der Waals surface area (Å²) in [6, 6.07) is 48.8.